The van der Waals surface area contributed by atoms with Gasteiger partial charge in [0.1, 0.15) is 5.58 Å². The van der Waals surface area contributed by atoms with E-state index in [2.05, 4.69) is 60.8 Å². The molecule has 2 heterocycles. The van der Waals surface area contributed by atoms with Crippen LogP contribution in [-0.2, 0) is 6.42 Å². The standard InChI is InChI=1S/C28H21NO2/c1-2-17-11-13-19(14-12-17)27-26-25(21-9-5-6-10-23(21)31-28(26)30)24-20-8-4-3-7-18(20)15-16-22(24)29-27/h3-16,27,29H,2H2,1H3/t27-/m1/s1. The maximum Gasteiger partial charge on any atom is 0.342 e. The number of hydrogen-bond donors (Lipinski definition) is 1. The van der Waals surface area contributed by atoms with Crippen molar-refractivity contribution in [3.63, 3.8) is 0 Å². The molecule has 1 atom stereocenters. The highest BCUT2D eigenvalue weighted by Crippen LogP contribution is 2.47. The average molecular weight is 403 g/mol. The number of para-hydroxylation sites is 1. The van der Waals surface area contributed by atoms with Crippen molar-refractivity contribution in [1.82, 2.24) is 0 Å². The maximum atomic E-state index is 13.3. The molecule has 0 amide bonds. The number of aryl methyl sites for hydroxylation is 1. The molecular formula is C28H21NO2. The molecule has 3 heteroatoms. The molecule has 3 nitrogen and oxygen atoms in total. The molecule has 0 saturated carbocycles. The number of hydrogen-bond acceptors (Lipinski definition) is 3. The lowest BCUT2D eigenvalue weighted by Crippen LogP contribution is -2.25. The Hall–Kier alpha value is -3.85. The second-order valence-electron chi connectivity index (χ2n) is 8.06. The van der Waals surface area contributed by atoms with E-state index in [0.29, 0.717) is 11.1 Å². The molecule has 4 aromatic carbocycles. The van der Waals surface area contributed by atoms with Gasteiger partial charge in [-0.2, -0.15) is 0 Å². The first kappa shape index (κ1) is 18.0. The van der Waals surface area contributed by atoms with Crippen LogP contribution in [0.25, 0.3) is 32.9 Å². The minimum absolute atomic E-state index is 0.268. The van der Waals surface area contributed by atoms with Crippen LogP contribution in [0.1, 0.15) is 29.7 Å². The van der Waals surface area contributed by atoms with Crippen molar-refractivity contribution in [3.05, 3.63) is 112 Å². The highest BCUT2D eigenvalue weighted by atomic mass is 16.4. The van der Waals surface area contributed by atoms with E-state index in [0.717, 1.165) is 45.0 Å². The first-order valence-corrected chi connectivity index (χ1v) is 10.7. The Bertz CT molecular complexity index is 1510. The second kappa shape index (κ2) is 6.85. The molecule has 0 unspecified atom stereocenters. The van der Waals surface area contributed by atoms with E-state index in [1.165, 1.54) is 5.56 Å². The summed E-state index contributed by atoms with van der Waals surface area (Å²) in [6.07, 6.45) is 0.983. The van der Waals surface area contributed by atoms with Crippen molar-refractivity contribution < 1.29 is 4.42 Å². The van der Waals surface area contributed by atoms with Crippen LogP contribution in [0.4, 0.5) is 5.69 Å². The third-order valence-electron chi connectivity index (χ3n) is 6.34. The zero-order chi connectivity index (χ0) is 20.9. The van der Waals surface area contributed by atoms with Gasteiger partial charge in [-0.25, -0.2) is 4.79 Å². The molecule has 1 aliphatic rings. The minimum atomic E-state index is -0.288. The van der Waals surface area contributed by atoms with Gasteiger partial charge in [0.05, 0.1) is 11.6 Å². The number of benzene rings is 4. The van der Waals surface area contributed by atoms with Gasteiger partial charge in [-0.15, -0.1) is 0 Å². The van der Waals surface area contributed by atoms with Gasteiger partial charge < -0.3 is 9.73 Å². The lowest BCUT2D eigenvalue weighted by molar-refractivity contribution is 0.547. The molecule has 5 aromatic rings. The molecule has 31 heavy (non-hydrogen) atoms. The van der Waals surface area contributed by atoms with Gasteiger partial charge in [-0.3, -0.25) is 0 Å². The quantitative estimate of drug-likeness (QED) is 0.334. The van der Waals surface area contributed by atoms with Crippen LogP contribution >= 0.6 is 0 Å². The SMILES string of the molecule is CCc1ccc([C@H]2Nc3ccc4ccccc4c3-c3c2c(=O)oc2ccccc32)cc1. The molecule has 0 spiro atoms. The summed E-state index contributed by atoms with van der Waals surface area (Å²) in [4.78, 5) is 13.3. The predicted molar refractivity (Wildman–Crippen MR) is 127 cm³/mol. The lowest BCUT2D eigenvalue weighted by Gasteiger charge is -2.30. The Kier molecular flexibility index (Phi) is 3.97. The van der Waals surface area contributed by atoms with Gasteiger partial charge in [0.15, 0.2) is 0 Å². The first-order valence-electron chi connectivity index (χ1n) is 10.7. The van der Waals surface area contributed by atoms with Crippen LogP contribution in [0, 0.1) is 0 Å². The number of fused-ring (bicyclic) bond motifs is 7. The lowest BCUT2D eigenvalue weighted by atomic mass is 9.83. The Morgan fingerprint density at radius 2 is 1.55 bits per heavy atom. The van der Waals surface area contributed by atoms with Gasteiger partial charge in [-0.05, 0) is 40.5 Å². The number of nitrogens with one attached hydrogen (secondary N) is 1. The molecule has 1 aromatic heterocycles. The zero-order valence-corrected chi connectivity index (χ0v) is 17.2. The van der Waals surface area contributed by atoms with E-state index in [4.69, 9.17) is 4.42 Å². The van der Waals surface area contributed by atoms with Crippen LogP contribution in [0.15, 0.2) is 94.1 Å². The van der Waals surface area contributed by atoms with Crippen LogP contribution < -0.4 is 10.9 Å². The monoisotopic (exact) mass is 403 g/mol. The van der Waals surface area contributed by atoms with E-state index >= 15 is 0 Å². The molecule has 150 valence electrons. The van der Waals surface area contributed by atoms with Crippen molar-refractivity contribution in [2.45, 2.75) is 19.4 Å². The van der Waals surface area contributed by atoms with Gasteiger partial charge in [0, 0.05) is 22.2 Å². The third-order valence-corrected chi connectivity index (χ3v) is 6.34. The summed E-state index contributed by atoms with van der Waals surface area (Å²) in [5, 5.41) is 6.89. The van der Waals surface area contributed by atoms with Gasteiger partial charge in [0.25, 0.3) is 0 Å². The van der Waals surface area contributed by atoms with Crippen LogP contribution in [0.5, 0.6) is 0 Å². The minimum Gasteiger partial charge on any atom is -0.422 e. The van der Waals surface area contributed by atoms with Crippen molar-refractivity contribution in [1.29, 1.82) is 0 Å². The van der Waals surface area contributed by atoms with Gasteiger partial charge in [-0.1, -0.05) is 79.7 Å². The second-order valence-corrected chi connectivity index (χ2v) is 8.06. The van der Waals surface area contributed by atoms with Crippen LogP contribution in [0.2, 0.25) is 0 Å². The number of anilines is 1. The van der Waals surface area contributed by atoms with Crippen LogP contribution in [0.3, 0.4) is 0 Å². The summed E-state index contributed by atoms with van der Waals surface area (Å²) in [5.74, 6) is 0. The Morgan fingerprint density at radius 1 is 0.806 bits per heavy atom. The summed E-state index contributed by atoms with van der Waals surface area (Å²) < 4.78 is 5.79. The highest BCUT2D eigenvalue weighted by Gasteiger charge is 2.32. The summed E-state index contributed by atoms with van der Waals surface area (Å²) in [6, 6.07) is 28.6. The van der Waals surface area contributed by atoms with Gasteiger partial charge >= 0.3 is 5.63 Å². The molecule has 0 aliphatic carbocycles. The van der Waals surface area contributed by atoms with E-state index in [1.54, 1.807) is 0 Å². The van der Waals surface area contributed by atoms with E-state index < -0.39 is 0 Å². The van der Waals surface area contributed by atoms with Crippen LogP contribution in [-0.4, -0.2) is 0 Å². The van der Waals surface area contributed by atoms with Crippen molar-refractivity contribution >= 4 is 27.4 Å². The zero-order valence-electron chi connectivity index (χ0n) is 17.2. The molecular weight excluding hydrogens is 382 g/mol. The normalized spacial score (nSPS) is 14.8. The topological polar surface area (TPSA) is 42.2 Å². The maximum absolute atomic E-state index is 13.3. The first-order chi connectivity index (χ1) is 15.2. The fourth-order valence-electron chi connectivity index (χ4n) is 4.78. The molecule has 1 aliphatic heterocycles. The van der Waals surface area contributed by atoms with Crippen molar-refractivity contribution in [3.8, 4) is 11.1 Å². The fourth-order valence-corrected chi connectivity index (χ4v) is 4.78. The van der Waals surface area contributed by atoms with Crippen molar-refractivity contribution in [2.24, 2.45) is 0 Å². The molecule has 0 radical (unpaired) electrons. The van der Waals surface area contributed by atoms with E-state index in [-0.39, 0.29) is 11.7 Å². The molecule has 1 N–H and O–H groups in total. The Labute approximate surface area is 180 Å². The smallest absolute Gasteiger partial charge is 0.342 e. The average Bonchev–Trinajstić information content (AvgIpc) is 2.83. The van der Waals surface area contributed by atoms with Gasteiger partial charge in [0.2, 0.25) is 0 Å². The Balaban J connectivity index is 1.73. The highest BCUT2D eigenvalue weighted by molar-refractivity contribution is 6.11. The van der Waals surface area contributed by atoms with E-state index in [9.17, 15) is 4.79 Å². The summed E-state index contributed by atoms with van der Waals surface area (Å²) in [5.41, 5.74) is 6.41. The molecule has 0 fully saturated rings. The number of rotatable bonds is 2. The largest absolute Gasteiger partial charge is 0.422 e. The summed E-state index contributed by atoms with van der Waals surface area (Å²) >= 11 is 0. The Morgan fingerprint density at radius 3 is 2.35 bits per heavy atom. The molecule has 6 rings (SSSR count). The fraction of sp³-hybridized carbons (Fsp3) is 0.107. The van der Waals surface area contributed by atoms with Crippen molar-refractivity contribution in [2.75, 3.05) is 5.32 Å². The summed E-state index contributed by atoms with van der Waals surface area (Å²) in [7, 11) is 0. The molecule has 0 saturated heterocycles. The van der Waals surface area contributed by atoms with E-state index in [1.807, 2.05) is 36.4 Å². The predicted octanol–water partition coefficient (Wildman–Crippen LogP) is 6.69. The summed E-state index contributed by atoms with van der Waals surface area (Å²) in [6.45, 7) is 2.14. The third kappa shape index (κ3) is 2.70. The molecule has 0 bridgehead atoms.